The Labute approximate surface area is 144 Å². The lowest BCUT2D eigenvalue weighted by Gasteiger charge is -2.23. The minimum absolute atomic E-state index is 0.0370. The number of benzene rings is 1. The van der Waals surface area contributed by atoms with Gasteiger partial charge >= 0.3 is 18.3 Å². The Morgan fingerprint density at radius 3 is 1.77 bits per heavy atom. The van der Waals surface area contributed by atoms with Gasteiger partial charge in [0, 0.05) is 25.3 Å². The second-order valence-electron chi connectivity index (χ2n) is 5.26. The Balaban J connectivity index is 3.04. The predicted octanol–water partition coefficient (Wildman–Crippen LogP) is 3.26. The summed E-state index contributed by atoms with van der Waals surface area (Å²) >= 11 is 0. The highest BCUT2D eigenvalue weighted by molar-refractivity contribution is 5.73. The molecular formula is C15H16F6O5. The third-order valence-electron chi connectivity index (χ3n) is 3.12. The van der Waals surface area contributed by atoms with Crippen molar-refractivity contribution in [1.82, 2.24) is 0 Å². The van der Waals surface area contributed by atoms with E-state index >= 15 is 0 Å². The third kappa shape index (κ3) is 6.06. The van der Waals surface area contributed by atoms with E-state index in [1.54, 1.807) is 0 Å². The van der Waals surface area contributed by atoms with Gasteiger partial charge in [-0.1, -0.05) is 0 Å². The summed E-state index contributed by atoms with van der Waals surface area (Å²) in [7, 11) is 2.63. The van der Waals surface area contributed by atoms with Gasteiger partial charge in [0.25, 0.3) is 6.10 Å². The van der Waals surface area contributed by atoms with E-state index in [4.69, 9.17) is 9.47 Å². The van der Waals surface area contributed by atoms with Gasteiger partial charge in [-0.3, -0.25) is 4.79 Å². The molecule has 0 amide bonds. The number of carbonyl (C=O) groups is 1. The number of esters is 1. The van der Waals surface area contributed by atoms with Gasteiger partial charge in [-0.25, -0.2) is 0 Å². The summed E-state index contributed by atoms with van der Waals surface area (Å²) in [4.78, 5) is 11.6. The van der Waals surface area contributed by atoms with E-state index in [1.165, 1.54) is 26.4 Å². The zero-order valence-corrected chi connectivity index (χ0v) is 13.7. The fourth-order valence-corrected chi connectivity index (χ4v) is 2.12. The smallest absolute Gasteiger partial charge is 0.434 e. The number of hydrogen-bond acceptors (Lipinski definition) is 5. The first-order chi connectivity index (χ1) is 11.9. The maximum atomic E-state index is 12.4. The monoisotopic (exact) mass is 390 g/mol. The highest BCUT2D eigenvalue weighted by Crippen LogP contribution is 2.36. The van der Waals surface area contributed by atoms with Crippen LogP contribution in [0.15, 0.2) is 12.1 Å². The predicted molar refractivity (Wildman–Crippen MR) is 75.2 cm³/mol. The Hall–Kier alpha value is -2.01. The number of aromatic hydroxyl groups is 1. The number of ether oxygens (including phenoxy) is 3. The van der Waals surface area contributed by atoms with Crippen molar-refractivity contribution in [2.24, 2.45) is 0 Å². The van der Waals surface area contributed by atoms with E-state index in [0.717, 1.165) is 0 Å². The third-order valence-corrected chi connectivity index (χ3v) is 3.12. The van der Waals surface area contributed by atoms with Gasteiger partial charge in [-0.2, -0.15) is 26.3 Å². The lowest BCUT2D eigenvalue weighted by Crippen LogP contribution is -2.45. The molecule has 0 aliphatic rings. The fraction of sp³-hybridized carbons (Fsp3) is 0.533. The molecule has 0 heterocycles. The summed E-state index contributed by atoms with van der Waals surface area (Å²) in [5.74, 6) is -1.93. The molecule has 0 aromatic heterocycles. The van der Waals surface area contributed by atoms with Crippen LogP contribution < -0.4 is 0 Å². The van der Waals surface area contributed by atoms with Crippen LogP contribution in [0.25, 0.3) is 0 Å². The molecule has 0 fully saturated rings. The molecule has 148 valence electrons. The average molecular weight is 390 g/mol. The zero-order valence-electron chi connectivity index (χ0n) is 13.7. The van der Waals surface area contributed by atoms with Crippen LogP contribution in [0.1, 0.15) is 16.7 Å². The van der Waals surface area contributed by atoms with Gasteiger partial charge in [0.05, 0.1) is 19.6 Å². The SMILES string of the molecule is COCc1cc(CC(=O)OC(C(F)(F)F)C(F)(F)F)cc(COC)c1O. The Bertz CT molecular complexity index is 585. The number of phenolic OH excluding ortho intramolecular Hbond substituents is 1. The summed E-state index contributed by atoms with van der Waals surface area (Å²) in [6.45, 7) is -0.196. The number of rotatable bonds is 7. The fourth-order valence-electron chi connectivity index (χ4n) is 2.12. The lowest BCUT2D eigenvalue weighted by molar-refractivity contribution is -0.313. The van der Waals surface area contributed by atoms with E-state index in [9.17, 15) is 36.2 Å². The van der Waals surface area contributed by atoms with E-state index in [-0.39, 0.29) is 35.7 Å². The number of phenols is 1. The van der Waals surface area contributed by atoms with Crippen LogP contribution in [-0.2, 0) is 38.6 Å². The Kier molecular flexibility index (Phi) is 7.27. The van der Waals surface area contributed by atoms with Crippen molar-refractivity contribution in [3.8, 4) is 5.75 Å². The number of halogens is 6. The molecule has 1 aromatic carbocycles. The largest absolute Gasteiger partial charge is 0.507 e. The maximum absolute atomic E-state index is 12.4. The summed E-state index contributed by atoms with van der Waals surface area (Å²) in [6, 6.07) is 2.44. The lowest BCUT2D eigenvalue weighted by atomic mass is 10.0. The van der Waals surface area contributed by atoms with Gasteiger partial charge in [0.2, 0.25) is 0 Å². The summed E-state index contributed by atoms with van der Waals surface area (Å²) < 4.78 is 87.9. The van der Waals surface area contributed by atoms with Gasteiger partial charge in [-0.05, 0) is 17.7 Å². The van der Waals surface area contributed by atoms with E-state index in [1.807, 2.05) is 0 Å². The molecule has 0 aliphatic carbocycles. The molecule has 0 atom stereocenters. The van der Waals surface area contributed by atoms with Crippen LogP contribution in [-0.4, -0.2) is 43.8 Å². The van der Waals surface area contributed by atoms with Crippen LogP contribution in [0.2, 0.25) is 0 Å². The first-order valence-electron chi connectivity index (χ1n) is 7.04. The van der Waals surface area contributed by atoms with Crippen molar-refractivity contribution < 1.29 is 50.5 Å². The second-order valence-corrected chi connectivity index (χ2v) is 5.26. The van der Waals surface area contributed by atoms with Crippen molar-refractivity contribution in [2.75, 3.05) is 14.2 Å². The molecule has 0 radical (unpaired) electrons. The minimum Gasteiger partial charge on any atom is -0.507 e. The zero-order chi connectivity index (χ0) is 20.1. The Morgan fingerprint density at radius 1 is 1.00 bits per heavy atom. The minimum atomic E-state index is -5.79. The molecule has 0 spiro atoms. The highest BCUT2D eigenvalue weighted by atomic mass is 19.4. The first kappa shape index (κ1) is 22.0. The van der Waals surface area contributed by atoms with Crippen LogP contribution >= 0.6 is 0 Å². The molecule has 0 saturated carbocycles. The van der Waals surface area contributed by atoms with E-state index in [0.29, 0.717) is 0 Å². The van der Waals surface area contributed by atoms with Crippen LogP contribution in [0.5, 0.6) is 5.75 Å². The van der Waals surface area contributed by atoms with Crippen LogP contribution in [0.3, 0.4) is 0 Å². The maximum Gasteiger partial charge on any atom is 0.434 e. The molecule has 1 aromatic rings. The molecule has 1 rings (SSSR count). The number of methoxy groups -OCH3 is 2. The number of hydrogen-bond donors (Lipinski definition) is 1. The van der Waals surface area contributed by atoms with Crippen molar-refractivity contribution in [3.63, 3.8) is 0 Å². The van der Waals surface area contributed by atoms with Crippen molar-refractivity contribution in [1.29, 1.82) is 0 Å². The van der Waals surface area contributed by atoms with Gasteiger partial charge in [0.15, 0.2) is 0 Å². The molecule has 0 aliphatic heterocycles. The second kappa shape index (κ2) is 8.58. The molecule has 1 N–H and O–H groups in total. The van der Waals surface area contributed by atoms with Crippen molar-refractivity contribution in [2.45, 2.75) is 38.1 Å². The van der Waals surface area contributed by atoms with E-state index < -0.39 is 30.8 Å². The standard InChI is InChI=1S/C15H16F6O5/c1-24-6-9-3-8(4-10(7-25-2)12(9)23)5-11(22)26-13(14(16,17)18)15(19,20)21/h3-4,13,23H,5-7H2,1-2H3. The van der Waals surface area contributed by atoms with Crippen LogP contribution in [0.4, 0.5) is 26.3 Å². The van der Waals surface area contributed by atoms with Crippen molar-refractivity contribution in [3.05, 3.63) is 28.8 Å². The normalized spacial score (nSPS) is 12.5. The molecule has 11 heteroatoms. The molecule has 5 nitrogen and oxygen atoms in total. The Morgan fingerprint density at radius 2 is 1.42 bits per heavy atom. The van der Waals surface area contributed by atoms with Gasteiger partial charge in [0.1, 0.15) is 5.75 Å². The topological polar surface area (TPSA) is 65.0 Å². The quantitative estimate of drug-likeness (QED) is 0.572. The van der Waals surface area contributed by atoms with Gasteiger partial charge < -0.3 is 19.3 Å². The van der Waals surface area contributed by atoms with E-state index in [2.05, 4.69) is 4.74 Å². The summed E-state index contributed by atoms with van der Waals surface area (Å²) in [5, 5.41) is 9.99. The summed E-state index contributed by atoms with van der Waals surface area (Å²) in [6.07, 6.45) is -16.6. The number of carbonyl (C=O) groups excluding carboxylic acids is 1. The van der Waals surface area contributed by atoms with Crippen LogP contribution in [0, 0.1) is 0 Å². The van der Waals surface area contributed by atoms with Crippen molar-refractivity contribution >= 4 is 5.97 Å². The molecule has 0 bridgehead atoms. The average Bonchev–Trinajstić information content (AvgIpc) is 2.47. The highest BCUT2D eigenvalue weighted by Gasteiger charge is 2.59. The molecule has 0 saturated heterocycles. The molecule has 26 heavy (non-hydrogen) atoms. The van der Waals surface area contributed by atoms with Gasteiger partial charge in [-0.15, -0.1) is 0 Å². The molecule has 0 unspecified atom stereocenters. The molecular weight excluding hydrogens is 374 g/mol. The number of alkyl halides is 6. The first-order valence-corrected chi connectivity index (χ1v) is 7.04. The summed E-state index contributed by atoms with van der Waals surface area (Å²) in [5.41, 5.74) is 0.413.